The molecule has 0 aliphatic carbocycles. The highest BCUT2D eigenvalue weighted by molar-refractivity contribution is 7.89. The third-order valence-corrected chi connectivity index (χ3v) is 6.76. The molecule has 1 aromatic carbocycles. The van der Waals surface area contributed by atoms with Crippen LogP contribution in [0.15, 0.2) is 23.1 Å². The standard InChI is InChI=1S/C18H27N3O3S/c1-18(2,21-10-4-5-11-21)13-19-25(23,24)15-7-8-16-14(12-15)6-9-17(22)20(16)3/h7-8,12,19H,4-6,9-11,13H2,1-3H3. The van der Waals surface area contributed by atoms with E-state index in [4.69, 9.17) is 0 Å². The van der Waals surface area contributed by atoms with Crippen molar-refractivity contribution >= 4 is 21.6 Å². The number of aryl methyl sites for hydroxylation is 1. The van der Waals surface area contributed by atoms with E-state index in [0.29, 0.717) is 19.4 Å². The molecule has 1 fully saturated rings. The lowest BCUT2D eigenvalue weighted by atomic mass is 10.0. The summed E-state index contributed by atoms with van der Waals surface area (Å²) in [7, 11) is -1.84. The number of nitrogens with one attached hydrogen (secondary N) is 1. The van der Waals surface area contributed by atoms with Gasteiger partial charge in [0.15, 0.2) is 0 Å². The number of nitrogens with zero attached hydrogens (tertiary/aromatic N) is 2. The number of anilines is 1. The lowest BCUT2D eigenvalue weighted by molar-refractivity contribution is -0.118. The van der Waals surface area contributed by atoms with Gasteiger partial charge in [-0.1, -0.05) is 0 Å². The molecule has 0 unspecified atom stereocenters. The fourth-order valence-electron chi connectivity index (χ4n) is 3.59. The number of fused-ring (bicyclic) bond motifs is 1. The van der Waals surface area contributed by atoms with Crippen molar-refractivity contribution in [1.82, 2.24) is 9.62 Å². The van der Waals surface area contributed by atoms with Gasteiger partial charge in [-0.3, -0.25) is 9.69 Å². The topological polar surface area (TPSA) is 69.7 Å². The minimum absolute atomic E-state index is 0.0635. The smallest absolute Gasteiger partial charge is 0.240 e. The summed E-state index contributed by atoms with van der Waals surface area (Å²) in [6.45, 7) is 6.58. The Labute approximate surface area is 150 Å². The van der Waals surface area contributed by atoms with Crippen molar-refractivity contribution < 1.29 is 13.2 Å². The van der Waals surface area contributed by atoms with Crippen molar-refractivity contribution in [3.8, 4) is 0 Å². The monoisotopic (exact) mass is 365 g/mol. The molecular formula is C18H27N3O3S. The average molecular weight is 365 g/mol. The number of carbonyl (C=O) groups is 1. The van der Waals surface area contributed by atoms with Gasteiger partial charge in [0.1, 0.15) is 0 Å². The van der Waals surface area contributed by atoms with Crippen LogP contribution >= 0.6 is 0 Å². The van der Waals surface area contributed by atoms with Gasteiger partial charge in [0.05, 0.1) is 4.90 Å². The molecule has 0 bridgehead atoms. The van der Waals surface area contributed by atoms with E-state index in [1.165, 1.54) is 12.8 Å². The molecular weight excluding hydrogens is 338 g/mol. The number of sulfonamides is 1. The molecule has 138 valence electrons. The van der Waals surface area contributed by atoms with E-state index in [0.717, 1.165) is 24.3 Å². The summed E-state index contributed by atoms with van der Waals surface area (Å²) in [6.07, 6.45) is 3.35. The van der Waals surface area contributed by atoms with Crippen molar-refractivity contribution in [2.24, 2.45) is 0 Å². The zero-order valence-electron chi connectivity index (χ0n) is 15.2. The Hall–Kier alpha value is -1.44. The van der Waals surface area contributed by atoms with Gasteiger partial charge < -0.3 is 4.90 Å². The van der Waals surface area contributed by atoms with E-state index in [9.17, 15) is 13.2 Å². The Balaban J connectivity index is 1.75. The number of amides is 1. The highest BCUT2D eigenvalue weighted by Gasteiger charge is 2.31. The van der Waals surface area contributed by atoms with Crippen LogP contribution in [0.5, 0.6) is 0 Å². The second kappa shape index (κ2) is 6.70. The molecule has 3 rings (SSSR count). The van der Waals surface area contributed by atoms with Gasteiger partial charge in [-0.25, -0.2) is 13.1 Å². The van der Waals surface area contributed by atoms with Gasteiger partial charge in [-0.05, 0) is 70.0 Å². The third kappa shape index (κ3) is 3.73. The lowest BCUT2D eigenvalue weighted by Gasteiger charge is -2.35. The number of rotatable bonds is 5. The predicted octanol–water partition coefficient (Wildman–Crippen LogP) is 1.75. The average Bonchev–Trinajstić information content (AvgIpc) is 3.12. The number of hydrogen-bond donors (Lipinski definition) is 1. The molecule has 6 nitrogen and oxygen atoms in total. The minimum atomic E-state index is -3.57. The summed E-state index contributed by atoms with van der Waals surface area (Å²) in [5, 5.41) is 0. The Bertz CT molecular complexity index is 768. The highest BCUT2D eigenvalue weighted by atomic mass is 32.2. The van der Waals surface area contributed by atoms with Crippen LogP contribution in [0.2, 0.25) is 0 Å². The van der Waals surface area contributed by atoms with Gasteiger partial charge in [0, 0.05) is 31.2 Å². The van der Waals surface area contributed by atoms with E-state index in [-0.39, 0.29) is 16.3 Å². The van der Waals surface area contributed by atoms with Gasteiger partial charge in [-0.15, -0.1) is 0 Å². The van der Waals surface area contributed by atoms with Gasteiger partial charge >= 0.3 is 0 Å². The maximum atomic E-state index is 12.7. The molecule has 1 N–H and O–H groups in total. The normalized spacial score (nSPS) is 19.3. The first-order valence-corrected chi connectivity index (χ1v) is 10.3. The molecule has 0 aromatic heterocycles. The van der Waals surface area contributed by atoms with Gasteiger partial charge in [0.2, 0.25) is 15.9 Å². The third-order valence-electron chi connectivity index (χ3n) is 5.36. The molecule has 0 saturated carbocycles. The number of hydrogen-bond acceptors (Lipinski definition) is 4. The fourth-order valence-corrected chi connectivity index (χ4v) is 4.84. The summed E-state index contributed by atoms with van der Waals surface area (Å²) in [5.41, 5.74) is 1.50. The van der Waals surface area contributed by atoms with Crippen LogP contribution in [0.1, 0.15) is 38.7 Å². The summed E-state index contributed by atoms with van der Waals surface area (Å²) < 4.78 is 28.2. The number of likely N-dealkylation sites (tertiary alicyclic amines) is 1. The van der Waals surface area contributed by atoms with E-state index in [1.54, 1.807) is 30.1 Å². The van der Waals surface area contributed by atoms with Crippen LogP contribution in [0.25, 0.3) is 0 Å². The molecule has 7 heteroatoms. The Morgan fingerprint density at radius 2 is 1.84 bits per heavy atom. The van der Waals surface area contributed by atoms with Gasteiger partial charge in [0.25, 0.3) is 0 Å². The Morgan fingerprint density at radius 3 is 2.52 bits per heavy atom. The Kier molecular flexibility index (Phi) is 4.92. The van der Waals surface area contributed by atoms with Crippen LogP contribution in [0.3, 0.4) is 0 Å². The van der Waals surface area contributed by atoms with E-state index < -0.39 is 10.0 Å². The van der Waals surface area contributed by atoms with Gasteiger partial charge in [-0.2, -0.15) is 0 Å². The summed E-state index contributed by atoms with van der Waals surface area (Å²) >= 11 is 0. The van der Waals surface area contributed by atoms with Crippen molar-refractivity contribution in [1.29, 1.82) is 0 Å². The molecule has 0 spiro atoms. The van der Waals surface area contributed by atoms with Crippen molar-refractivity contribution in [3.63, 3.8) is 0 Å². The Morgan fingerprint density at radius 1 is 1.16 bits per heavy atom. The molecule has 1 aromatic rings. The molecule has 2 aliphatic rings. The molecule has 25 heavy (non-hydrogen) atoms. The van der Waals surface area contributed by atoms with E-state index in [2.05, 4.69) is 23.5 Å². The zero-order chi connectivity index (χ0) is 18.2. The first kappa shape index (κ1) is 18.4. The SMILES string of the molecule is CN1C(=O)CCc2cc(S(=O)(=O)NCC(C)(C)N3CCCC3)ccc21. The predicted molar refractivity (Wildman–Crippen MR) is 98.2 cm³/mol. The molecule has 1 amide bonds. The van der Waals surface area contributed by atoms with Crippen LogP contribution < -0.4 is 9.62 Å². The largest absolute Gasteiger partial charge is 0.315 e. The second-order valence-electron chi connectivity index (χ2n) is 7.57. The molecule has 2 heterocycles. The maximum Gasteiger partial charge on any atom is 0.240 e. The van der Waals surface area contributed by atoms with Crippen molar-refractivity contribution in [2.75, 3.05) is 31.6 Å². The highest BCUT2D eigenvalue weighted by Crippen LogP contribution is 2.29. The first-order valence-electron chi connectivity index (χ1n) is 8.85. The first-order chi connectivity index (χ1) is 11.7. The van der Waals surface area contributed by atoms with Crippen LogP contribution in [-0.4, -0.2) is 51.4 Å². The zero-order valence-corrected chi connectivity index (χ0v) is 16.0. The maximum absolute atomic E-state index is 12.7. The van der Waals surface area contributed by atoms with Crippen molar-refractivity contribution in [2.45, 2.75) is 50.0 Å². The number of carbonyl (C=O) groups excluding carboxylic acids is 1. The summed E-state index contributed by atoms with van der Waals surface area (Å²) in [6, 6.07) is 5.01. The summed E-state index contributed by atoms with van der Waals surface area (Å²) in [5.74, 6) is 0.0635. The van der Waals surface area contributed by atoms with Crippen LogP contribution in [0.4, 0.5) is 5.69 Å². The molecule has 2 aliphatic heterocycles. The van der Waals surface area contributed by atoms with E-state index in [1.807, 2.05) is 0 Å². The molecule has 1 saturated heterocycles. The lowest BCUT2D eigenvalue weighted by Crippen LogP contribution is -2.50. The molecule has 0 atom stereocenters. The van der Waals surface area contributed by atoms with Crippen LogP contribution in [0, 0.1) is 0 Å². The number of benzene rings is 1. The molecule has 0 radical (unpaired) electrons. The van der Waals surface area contributed by atoms with Crippen LogP contribution in [-0.2, 0) is 21.2 Å². The second-order valence-corrected chi connectivity index (χ2v) is 9.34. The fraction of sp³-hybridized carbons (Fsp3) is 0.611. The minimum Gasteiger partial charge on any atom is -0.315 e. The summed E-state index contributed by atoms with van der Waals surface area (Å²) in [4.78, 5) is 16.0. The quantitative estimate of drug-likeness (QED) is 0.863. The van der Waals surface area contributed by atoms with E-state index >= 15 is 0 Å². The van der Waals surface area contributed by atoms with Crippen molar-refractivity contribution in [3.05, 3.63) is 23.8 Å².